The molecule has 0 bridgehead atoms. The van der Waals surface area contributed by atoms with Gasteiger partial charge in [0, 0.05) is 49.5 Å². The van der Waals surface area contributed by atoms with Crippen LogP contribution in [0.5, 0.6) is 5.75 Å². The summed E-state index contributed by atoms with van der Waals surface area (Å²) in [6.45, 7) is 2.55. The van der Waals surface area contributed by atoms with E-state index in [4.69, 9.17) is 4.74 Å². The smallest absolute Gasteiger partial charge is 0.406 e. The Kier molecular flexibility index (Phi) is 9.26. The summed E-state index contributed by atoms with van der Waals surface area (Å²) in [7, 11) is 2.76. The van der Waals surface area contributed by atoms with E-state index in [0.29, 0.717) is 29.0 Å². The zero-order chi connectivity index (χ0) is 28.8. The van der Waals surface area contributed by atoms with Crippen LogP contribution in [0.15, 0.2) is 66.7 Å². The molecule has 0 radical (unpaired) electrons. The van der Waals surface area contributed by atoms with E-state index in [0.717, 1.165) is 0 Å². The summed E-state index contributed by atoms with van der Waals surface area (Å²) >= 11 is 0. The van der Waals surface area contributed by atoms with Crippen LogP contribution in [0.1, 0.15) is 37.8 Å². The average molecular weight is 551 g/mol. The number of ether oxygens (including phenoxy) is 2. The molecule has 9 heteroatoms. The van der Waals surface area contributed by atoms with Gasteiger partial charge >= 0.3 is 6.09 Å². The monoisotopic (exact) mass is 550 g/mol. The van der Waals surface area contributed by atoms with Gasteiger partial charge in [-0.25, -0.2) is 13.6 Å². The molecule has 1 aliphatic rings. The highest BCUT2D eigenvalue weighted by atomic mass is 19.1. The van der Waals surface area contributed by atoms with Crippen LogP contribution in [0.2, 0.25) is 0 Å². The molecule has 210 valence electrons. The van der Waals surface area contributed by atoms with E-state index in [1.165, 1.54) is 38.5 Å². The number of hydrogen-bond donors (Lipinski definition) is 1. The standard InChI is InChI=1S/C31H32F2N2O5/c1-19-22(11-7-13-26(19)32)28-24(29(36)20-8-6-9-21(16-20)39-2)17-35(15-14-34-31(38)40-3)18-25(28)30(37)23-10-4-5-12-27(23)33/h4-13,16,24-25,28H,14-15,17-18H2,1-3H3,(H,34,38)/t24-,25-,28+/m0/s1. The Hall–Kier alpha value is -4.11. The Morgan fingerprint density at radius 1 is 0.900 bits per heavy atom. The second kappa shape index (κ2) is 12.8. The summed E-state index contributed by atoms with van der Waals surface area (Å²) in [5.41, 5.74) is 1.16. The molecule has 0 unspecified atom stereocenters. The molecular formula is C31H32F2N2O5. The Morgan fingerprint density at radius 3 is 2.27 bits per heavy atom. The number of hydrogen-bond acceptors (Lipinski definition) is 6. The van der Waals surface area contributed by atoms with Crippen molar-refractivity contribution in [3.05, 3.63) is 101 Å². The van der Waals surface area contributed by atoms with E-state index < -0.39 is 41.3 Å². The van der Waals surface area contributed by atoms with Gasteiger partial charge in [0.15, 0.2) is 11.6 Å². The summed E-state index contributed by atoms with van der Waals surface area (Å²) in [6.07, 6.45) is -0.603. The number of nitrogens with zero attached hydrogens (tertiary/aromatic N) is 1. The van der Waals surface area contributed by atoms with Crippen LogP contribution >= 0.6 is 0 Å². The number of nitrogens with one attached hydrogen (secondary N) is 1. The van der Waals surface area contributed by atoms with Crippen molar-refractivity contribution in [2.75, 3.05) is 40.4 Å². The van der Waals surface area contributed by atoms with Crippen LogP contribution in [0.4, 0.5) is 13.6 Å². The van der Waals surface area contributed by atoms with Crippen LogP contribution < -0.4 is 10.1 Å². The predicted octanol–water partition coefficient (Wildman–Crippen LogP) is 5.04. The SMILES string of the molecule is COC(=O)NCCN1C[C@H](C(=O)c2cccc(OC)c2)[C@@H](c2cccc(F)c2C)[C@@H](C(=O)c2ccccc2F)C1. The Labute approximate surface area is 232 Å². The maximum atomic E-state index is 14.9. The van der Waals surface area contributed by atoms with Gasteiger partial charge in [-0.3, -0.25) is 9.59 Å². The topological polar surface area (TPSA) is 84.9 Å². The highest BCUT2D eigenvalue weighted by molar-refractivity contribution is 6.02. The second-order valence-electron chi connectivity index (χ2n) is 9.81. The summed E-state index contributed by atoms with van der Waals surface area (Å²) in [5.74, 6) is -3.71. The van der Waals surface area contributed by atoms with E-state index in [1.54, 1.807) is 49.4 Å². The normalized spacial score (nSPS) is 19.1. The third-order valence-electron chi connectivity index (χ3n) is 7.50. The number of ketones is 2. The Balaban J connectivity index is 1.82. The number of carbonyl (C=O) groups excluding carboxylic acids is 3. The van der Waals surface area contributed by atoms with Gasteiger partial charge < -0.3 is 19.7 Å². The molecule has 0 spiro atoms. The fourth-order valence-corrected chi connectivity index (χ4v) is 5.47. The zero-order valence-corrected chi connectivity index (χ0v) is 22.7. The van der Waals surface area contributed by atoms with Crippen molar-refractivity contribution in [2.24, 2.45) is 11.8 Å². The van der Waals surface area contributed by atoms with Crippen molar-refractivity contribution < 1.29 is 32.6 Å². The number of rotatable bonds is 9. The van der Waals surface area contributed by atoms with E-state index in [9.17, 15) is 23.2 Å². The molecule has 1 amide bonds. The molecule has 40 heavy (non-hydrogen) atoms. The predicted molar refractivity (Wildman–Crippen MR) is 146 cm³/mol. The number of likely N-dealkylation sites (tertiary alicyclic amines) is 1. The number of carbonyl (C=O) groups is 3. The minimum Gasteiger partial charge on any atom is -0.497 e. The van der Waals surface area contributed by atoms with Gasteiger partial charge in [-0.05, 0) is 48.4 Å². The van der Waals surface area contributed by atoms with Gasteiger partial charge in [0.2, 0.25) is 0 Å². The van der Waals surface area contributed by atoms with Crippen molar-refractivity contribution in [1.29, 1.82) is 0 Å². The van der Waals surface area contributed by atoms with E-state index in [1.807, 2.05) is 4.90 Å². The summed E-state index contributed by atoms with van der Waals surface area (Å²) in [4.78, 5) is 41.7. The Morgan fingerprint density at radius 2 is 1.57 bits per heavy atom. The molecule has 0 aliphatic carbocycles. The number of methoxy groups -OCH3 is 2. The summed E-state index contributed by atoms with van der Waals surface area (Å²) in [6, 6.07) is 17.1. The van der Waals surface area contributed by atoms with Crippen molar-refractivity contribution in [3.8, 4) is 5.75 Å². The minimum absolute atomic E-state index is 0.0892. The van der Waals surface area contributed by atoms with Gasteiger partial charge in [0.05, 0.1) is 19.8 Å². The Bertz CT molecular complexity index is 1400. The van der Waals surface area contributed by atoms with Crippen molar-refractivity contribution in [2.45, 2.75) is 12.8 Å². The quantitative estimate of drug-likeness (QED) is 0.376. The maximum Gasteiger partial charge on any atom is 0.406 e. The number of amides is 1. The summed E-state index contributed by atoms with van der Waals surface area (Å²) < 4.78 is 39.7. The lowest BCUT2D eigenvalue weighted by atomic mass is 9.67. The van der Waals surface area contributed by atoms with Gasteiger partial charge in [0.25, 0.3) is 0 Å². The molecule has 1 heterocycles. The lowest BCUT2D eigenvalue weighted by molar-refractivity contribution is 0.0570. The van der Waals surface area contributed by atoms with Crippen LogP contribution in [0, 0.1) is 30.4 Å². The van der Waals surface area contributed by atoms with Gasteiger partial charge in [-0.1, -0.05) is 36.4 Å². The molecule has 4 rings (SSSR count). The highest BCUT2D eigenvalue weighted by Gasteiger charge is 2.45. The number of alkyl carbamates (subject to hydrolysis) is 1. The first-order chi connectivity index (χ1) is 19.2. The fraction of sp³-hybridized carbons (Fsp3) is 0.323. The molecule has 1 saturated heterocycles. The van der Waals surface area contributed by atoms with Gasteiger partial charge in [0.1, 0.15) is 17.4 Å². The molecule has 3 atom stereocenters. The lowest BCUT2D eigenvalue weighted by Crippen LogP contribution is -2.52. The molecule has 1 N–H and O–H groups in total. The van der Waals surface area contributed by atoms with Gasteiger partial charge in [-0.15, -0.1) is 0 Å². The maximum absolute atomic E-state index is 14.9. The lowest BCUT2D eigenvalue weighted by Gasteiger charge is -2.43. The number of piperidine rings is 1. The summed E-state index contributed by atoms with van der Waals surface area (Å²) in [5, 5.41) is 2.62. The molecule has 0 aromatic heterocycles. The minimum atomic E-state index is -0.871. The molecule has 3 aromatic carbocycles. The molecule has 7 nitrogen and oxygen atoms in total. The molecule has 1 fully saturated rings. The van der Waals surface area contributed by atoms with Gasteiger partial charge in [-0.2, -0.15) is 0 Å². The number of Topliss-reactive ketones (excluding diaryl/α,β-unsaturated/α-hetero) is 2. The first-order valence-electron chi connectivity index (χ1n) is 13.0. The van der Waals surface area contributed by atoms with Crippen molar-refractivity contribution >= 4 is 17.7 Å². The van der Waals surface area contributed by atoms with Crippen LogP contribution in [-0.4, -0.2) is 63.0 Å². The fourth-order valence-electron chi connectivity index (χ4n) is 5.47. The number of benzene rings is 3. The highest BCUT2D eigenvalue weighted by Crippen LogP contribution is 2.42. The van der Waals surface area contributed by atoms with Crippen molar-refractivity contribution in [1.82, 2.24) is 10.2 Å². The first kappa shape index (κ1) is 28.9. The van der Waals surface area contributed by atoms with Crippen LogP contribution in [0.3, 0.4) is 0 Å². The molecular weight excluding hydrogens is 518 g/mol. The first-order valence-corrected chi connectivity index (χ1v) is 13.0. The molecule has 3 aromatic rings. The molecule has 1 aliphatic heterocycles. The average Bonchev–Trinajstić information content (AvgIpc) is 2.97. The number of halogens is 2. The third-order valence-corrected chi connectivity index (χ3v) is 7.50. The molecule has 0 saturated carbocycles. The second-order valence-corrected chi connectivity index (χ2v) is 9.81. The van der Waals surface area contributed by atoms with E-state index >= 15 is 0 Å². The third kappa shape index (κ3) is 6.20. The van der Waals surface area contributed by atoms with Crippen LogP contribution in [-0.2, 0) is 4.74 Å². The zero-order valence-electron chi connectivity index (χ0n) is 22.7. The van der Waals surface area contributed by atoms with Crippen molar-refractivity contribution in [3.63, 3.8) is 0 Å². The van der Waals surface area contributed by atoms with E-state index in [2.05, 4.69) is 10.1 Å². The van der Waals surface area contributed by atoms with E-state index in [-0.39, 0.29) is 31.0 Å². The van der Waals surface area contributed by atoms with Crippen LogP contribution in [0.25, 0.3) is 0 Å². The largest absolute Gasteiger partial charge is 0.497 e.